The van der Waals surface area contributed by atoms with Crippen molar-refractivity contribution in [3.63, 3.8) is 0 Å². The zero-order valence-corrected chi connectivity index (χ0v) is 12.7. The molecule has 0 aliphatic carbocycles. The van der Waals surface area contributed by atoms with Crippen LogP contribution in [0.3, 0.4) is 0 Å². The van der Waals surface area contributed by atoms with Gasteiger partial charge in [-0.05, 0) is 38.3 Å². The molecule has 1 aliphatic heterocycles. The van der Waals surface area contributed by atoms with Crippen LogP contribution in [0.4, 0.5) is 4.79 Å². The van der Waals surface area contributed by atoms with Crippen molar-refractivity contribution in [2.75, 3.05) is 6.54 Å². The molecular formula is C13H17ClN2O3S. The van der Waals surface area contributed by atoms with Gasteiger partial charge in [0.05, 0.1) is 10.4 Å². The number of carbonyl (C=O) groups is 2. The van der Waals surface area contributed by atoms with E-state index in [9.17, 15) is 14.7 Å². The van der Waals surface area contributed by atoms with Crippen LogP contribution in [-0.4, -0.2) is 34.6 Å². The predicted molar refractivity (Wildman–Crippen MR) is 78.3 cm³/mol. The number of carboxylic acid groups (broad SMARTS) is 1. The average Bonchev–Trinajstić information content (AvgIpc) is 2.85. The second-order valence-electron chi connectivity index (χ2n) is 4.86. The largest absolute Gasteiger partial charge is 0.480 e. The smallest absolute Gasteiger partial charge is 0.326 e. The van der Waals surface area contributed by atoms with Gasteiger partial charge in [0.1, 0.15) is 6.04 Å². The Morgan fingerprint density at radius 1 is 1.50 bits per heavy atom. The fourth-order valence-electron chi connectivity index (χ4n) is 2.33. The van der Waals surface area contributed by atoms with Crippen LogP contribution in [0.25, 0.3) is 0 Å². The number of likely N-dealkylation sites (tertiary alicyclic amines) is 1. The van der Waals surface area contributed by atoms with Crippen LogP contribution in [0, 0.1) is 0 Å². The molecule has 1 fully saturated rings. The first kappa shape index (κ1) is 15.1. The molecule has 2 unspecified atom stereocenters. The fraction of sp³-hybridized carbons (Fsp3) is 0.538. The topological polar surface area (TPSA) is 69.6 Å². The molecule has 0 radical (unpaired) electrons. The van der Waals surface area contributed by atoms with Gasteiger partial charge in [-0.15, -0.1) is 11.3 Å². The minimum Gasteiger partial charge on any atom is -0.480 e. The number of carboxylic acids is 1. The molecule has 7 heteroatoms. The molecule has 20 heavy (non-hydrogen) atoms. The Morgan fingerprint density at radius 2 is 2.25 bits per heavy atom. The monoisotopic (exact) mass is 316 g/mol. The first-order valence-electron chi connectivity index (χ1n) is 6.54. The number of rotatable bonds is 3. The number of halogens is 1. The second-order valence-corrected chi connectivity index (χ2v) is 6.60. The lowest BCUT2D eigenvalue weighted by Gasteiger charge is -2.33. The van der Waals surface area contributed by atoms with Gasteiger partial charge in [0.2, 0.25) is 0 Å². The lowest BCUT2D eigenvalue weighted by molar-refractivity contribution is -0.143. The first-order chi connectivity index (χ1) is 9.49. The SMILES string of the molecule is CC(NC(=O)N1CCCCC1C(=O)O)c1ccc(Cl)s1. The van der Waals surface area contributed by atoms with E-state index >= 15 is 0 Å². The van der Waals surface area contributed by atoms with Gasteiger partial charge in [-0.2, -0.15) is 0 Å². The van der Waals surface area contributed by atoms with E-state index in [1.807, 2.05) is 13.0 Å². The standard InChI is InChI=1S/C13H17ClN2O3S/c1-8(10-5-6-11(14)20-10)15-13(19)16-7-3-2-4-9(16)12(17)18/h5-6,8-9H,2-4,7H2,1H3,(H,15,19)(H,17,18). The van der Waals surface area contributed by atoms with E-state index in [0.29, 0.717) is 17.3 Å². The van der Waals surface area contributed by atoms with Crippen LogP contribution >= 0.6 is 22.9 Å². The highest BCUT2D eigenvalue weighted by molar-refractivity contribution is 7.16. The Bertz CT molecular complexity index is 506. The maximum atomic E-state index is 12.2. The van der Waals surface area contributed by atoms with E-state index in [2.05, 4.69) is 5.32 Å². The number of nitrogens with zero attached hydrogens (tertiary/aromatic N) is 1. The molecule has 0 spiro atoms. The average molecular weight is 317 g/mol. The van der Waals surface area contributed by atoms with Gasteiger partial charge in [0, 0.05) is 11.4 Å². The Morgan fingerprint density at radius 3 is 2.85 bits per heavy atom. The highest BCUT2D eigenvalue weighted by Gasteiger charge is 2.32. The number of carbonyl (C=O) groups excluding carboxylic acids is 1. The summed E-state index contributed by atoms with van der Waals surface area (Å²) in [4.78, 5) is 25.8. The van der Waals surface area contributed by atoms with Crippen LogP contribution < -0.4 is 5.32 Å². The van der Waals surface area contributed by atoms with Crippen LogP contribution in [0.5, 0.6) is 0 Å². The van der Waals surface area contributed by atoms with Crippen molar-refractivity contribution in [3.05, 3.63) is 21.3 Å². The van der Waals surface area contributed by atoms with E-state index in [0.717, 1.165) is 17.7 Å². The van der Waals surface area contributed by atoms with Crippen molar-refractivity contribution in [1.82, 2.24) is 10.2 Å². The maximum Gasteiger partial charge on any atom is 0.326 e. The third-order valence-corrected chi connectivity index (χ3v) is 4.82. The number of urea groups is 1. The summed E-state index contributed by atoms with van der Waals surface area (Å²) in [7, 11) is 0. The zero-order valence-electron chi connectivity index (χ0n) is 11.1. The van der Waals surface area contributed by atoms with Gasteiger partial charge in [0.25, 0.3) is 0 Å². The summed E-state index contributed by atoms with van der Waals surface area (Å²) < 4.78 is 0.669. The summed E-state index contributed by atoms with van der Waals surface area (Å²) in [5.74, 6) is -0.938. The minimum absolute atomic E-state index is 0.184. The van der Waals surface area contributed by atoms with Crippen LogP contribution in [0.15, 0.2) is 12.1 Å². The molecule has 0 saturated carbocycles. The molecule has 1 saturated heterocycles. The third-order valence-electron chi connectivity index (χ3n) is 3.41. The molecule has 2 heterocycles. The predicted octanol–water partition coefficient (Wildman–Crippen LogP) is 3.11. The van der Waals surface area contributed by atoms with Gasteiger partial charge < -0.3 is 15.3 Å². The molecule has 2 N–H and O–H groups in total. The van der Waals surface area contributed by atoms with E-state index in [4.69, 9.17) is 11.6 Å². The van der Waals surface area contributed by atoms with Crippen molar-refractivity contribution in [1.29, 1.82) is 0 Å². The summed E-state index contributed by atoms with van der Waals surface area (Å²) in [6.07, 6.45) is 2.20. The van der Waals surface area contributed by atoms with Crippen LogP contribution in [0.2, 0.25) is 4.34 Å². The van der Waals surface area contributed by atoms with Crippen LogP contribution in [-0.2, 0) is 4.79 Å². The summed E-state index contributed by atoms with van der Waals surface area (Å²) in [6.45, 7) is 2.35. The number of aliphatic carboxylic acids is 1. The summed E-state index contributed by atoms with van der Waals surface area (Å²) in [5, 5.41) is 12.0. The number of nitrogens with one attached hydrogen (secondary N) is 1. The molecule has 0 aromatic carbocycles. The highest BCUT2D eigenvalue weighted by atomic mass is 35.5. The van der Waals surface area contributed by atoms with E-state index < -0.39 is 12.0 Å². The van der Waals surface area contributed by atoms with E-state index in [1.54, 1.807) is 6.07 Å². The molecule has 2 atom stereocenters. The Balaban J connectivity index is 2.01. The molecule has 1 aromatic rings. The van der Waals surface area contributed by atoms with Gasteiger partial charge in [-0.3, -0.25) is 0 Å². The van der Waals surface area contributed by atoms with Crippen molar-refractivity contribution >= 4 is 34.9 Å². The molecule has 2 amide bonds. The summed E-state index contributed by atoms with van der Waals surface area (Å²) >= 11 is 7.28. The Labute approximate surface area is 126 Å². The number of amides is 2. The molecule has 5 nitrogen and oxygen atoms in total. The van der Waals surface area contributed by atoms with Crippen molar-refractivity contribution < 1.29 is 14.7 Å². The number of hydrogen-bond donors (Lipinski definition) is 2. The van der Waals surface area contributed by atoms with Crippen molar-refractivity contribution in [3.8, 4) is 0 Å². The molecule has 1 aliphatic rings. The third kappa shape index (κ3) is 3.43. The van der Waals surface area contributed by atoms with Gasteiger partial charge in [-0.1, -0.05) is 11.6 Å². The highest BCUT2D eigenvalue weighted by Crippen LogP contribution is 2.27. The molecule has 0 bridgehead atoms. The van der Waals surface area contributed by atoms with Gasteiger partial charge >= 0.3 is 12.0 Å². The Hall–Kier alpha value is -1.27. The molecule has 2 rings (SSSR count). The van der Waals surface area contributed by atoms with Crippen molar-refractivity contribution in [2.24, 2.45) is 0 Å². The number of piperidine rings is 1. The fourth-order valence-corrected chi connectivity index (χ4v) is 3.39. The lowest BCUT2D eigenvalue weighted by Crippen LogP contribution is -2.52. The second kappa shape index (κ2) is 6.45. The summed E-state index contributed by atoms with van der Waals surface area (Å²) in [6, 6.07) is 2.42. The van der Waals surface area contributed by atoms with Crippen molar-refractivity contribution in [2.45, 2.75) is 38.3 Å². The molecule has 1 aromatic heterocycles. The van der Waals surface area contributed by atoms with Gasteiger partial charge in [0.15, 0.2) is 0 Å². The number of thiophene rings is 1. The zero-order chi connectivity index (χ0) is 14.7. The van der Waals surface area contributed by atoms with E-state index in [-0.39, 0.29) is 12.1 Å². The van der Waals surface area contributed by atoms with E-state index in [1.165, 1.54) is 16.2 Å². The van der Waals surface area contributed by atoms with Crippen LogP contribution in [0.1, 0.15) is 37.1 Å². The Kier molecular flexibility index (Phi) is 4.88. The molecular weight excluding hydrogens is 300 g/mol. The summed E-state index contributed by atoms with van der Waals surface area (Å²) in [5.41, 5.74) is 0. The normalized spacial score (nSPS) is 20.5. The number of hydrogen-bond acceptors (Lipinski definition) is 3. The first-order valence-corrected chi connectivity index (χ1v) is 7.73. The lowest BCUT2D eigenvalue weighted by atomic mass is 10.0. The maximum absolute atomic E-state index is 12.2. The van der Waals surface area contributed by atoms with Gasteiger partial charge in [-0.25, -0.2) is 9.59 Å². The minimum atomic E-state index is -0.938. The quantitative estimate of drug-likeness (QED) is 0.900. The molecule has 110 valence electrons.